The lowest BCUT2D eigenvalue weighted by Crippen LogP contribution is -2.36. The summed E-state index contributed by atoms with van der Waals surface area (Å²) in [4.78, 5) is 2.33. The van der Waals surface area contributed by atoms with Gasteiger partial charge in [0.15, 0.2) is 0 Å². The van der Waals surface area contributed by atoms with Crippen molar-refractivity contribution in [2.75, 3.05) is 20.1 Å². The van der Waals surface area contributed by atoms with E-state index in [9.17, 15) is 0 Å². The largest absolute Gasteiger partial charge is 0.306 e. The van der Waals surface area contributed by atoms with Crippen LogP contribution in [0.2, 0.25) is 0 Å². The van der Waals surface area contributed by atoms with E-state index in [4.69, 9.17) is 5.26 Å². The molecule has 1 fully saturated rings. The van der Waals surface area contributed by atoms with Gasteiger partial charge in [0.25, 0.3) is 0 Å². The van der Waals surface area contributed by atoms with Crippen LogP contribution in [0, 0.1) is 23.2 Å². The average molecular weight is 152 g/mol. The number of hydrogen-bond acceptors (Lipinski definition) is 2. The zero-order valence-electron chi connectivity index (χ0n) is 7.38. The summed E-state index contributed by atoms with van der Waals surface area (Å²) in [6.45, 7) is 4.57. The van der Waals surface area contributed by atoms with Crippen LogP contribution in [0.1, 0.15) is 19.8 Å². The molecule has 2 unspecified atom stereocenters. The fourth-order valence-electron chi connectivity index (χ4n) is 2.04. The zero-order chi connectivity index (χ0) is 8.27. The number of nitrogens with zero attached hydrogens (tertiary/aromatic N) is 2. The van der Waals surface area contributed by atoms with E-state index in [0.29, 0.717) is 5.92 Å². The van der Waals surface area contributed by atoms with E-state index in [1.165, 1.54) is 13.0 Å². The third-order valence-electron chi connectivity index (χ3n) is 2.31. The molecule has 0 saturated carbocycles. The van der Waals surface area contributed by atoms with Gasteiger partial charge in [-0.3, -0.25) is 0 Å². The van der Waals surface area contributed by atoms with Crippen molar-refractivity contribution in [3.05, 3.63) is 0 Å². The van der Waals surface area contributed by atoms with Gasteiger partial charge in [0, 0.05) is 19.5 Å². The molecule has 2 nitrogen and oxygen atoms in total. The first kappa shape index (κ1) is 8.55. The van der Waals surface area contributed by atoms with E-state index in [1.807, 2.05) is 0 Å². The maximum absolute atomic E-state index is 8.52. The fraction of sp³-hybridized carbons (Fsp3) is 0.889. The molecule has 11 heavy (non-hydrogen) atoms. The second kappa shape index (κ2) is 3.73. The Labute approximate surface area is 68.8 Å². The summed E-state index contributed by atoms with van der Waals surface area (Å²) in [5, 5.41) is 8.52. The van der Waals surface area contributed by atoms with Crippen molar-refractivity contribution in [2.24, 2.45) is 11.8 Å². The van der Waals surface area contributed by atoms with Gasteiger partial charge in [0.1, 0.15) is 0 Å². The SMILES string of the molecule is CC1CC(CC#N)CN(C)C1. The molecule has 1 aliphatic rings. The monoisotopic (exact) mass is 152 g/mol. The minimum atomic E-state index is 0.619. The smallest absolute Gasteiger partial charge is 0.0625 e. The Hall–Kier alpha value is -0.550. The van der Waals surface area contributed by atoms with E-state index in [1.54, 1.807) is 0 Å². The molecule has 62 valence electrons. The van der Waals surface area contributed by atoms with Crippen LogP contribution in [0.5, 0.6) is 0 Å². The number of nitriles is 1. The van der Waals surface area contributed by atoms with Crippen molar-refractivity contribution in [1.29, 1.82) is 5.26 Å². The van der Waals surface area contributed by atoms with Gasteiger partial charge in [0.05, 0.1) is 6.07 Å². The zero-order valence-corrected chi connectivity index (χ0v) is 7.38. The highest BCUT2D eigenvalue weighted by atomic mass is 15.1. The predicted molar refractivity (Wildman–Crippen MR) is 45.0 cm³/mol. The Kier molecular flexibility index (Phi) is 2.90. The summed E-state index contributed by atoms with van der Waals surface area (Å²) in [6.07, 6.45) is 1.96. The van der Waals surface area contributed by atoms with Crippen molar-refractivity contribution >= 4 is 0 Å². The average Bonchev–Trinajstić information content (AvgIpc) is 1.85. The Morgan fingerprint density at radius 3 is 2.82 bits per heavy atom. The molecule has 1 rings (SSSR count). The minimum Gasteiger partial charge on any atom is -0.306 e. The maximum Gasteiger partial charge on any atom is 0.0625 e. The first-order valence-corrected chi connectivity index (χ1v) is 4.28. The fourth-order valence-corrected chi connectivity index (χ4v) is 2.04. The number of hydrogen-bond donors (Lipinski definition) is 0. The number of likely N-dealkylation sites (tertiary alicyclic amines) is 1. The van der Waals surface area contributed by atoms with Gasteiger partial charge < -0.3 is 4.90 Å². The second-order valence-corrected chi connectivity index (χ2v) is 3.79. The normalized spacial score (nSPS) is 33.2. The van der Waals surface area contributed by atoms with E-state index in [0.717, 1.165) is 18.9 Å². The van der Waals surface area contributed by atoms with Gasteiger partial charge >= 0.3 is 0 Å². The molecule has 0 N–H and O–H groups in total. The minimum absolute atomic E-state index is 0.619. The van der Waals surface area contributed by atoms with Gasteiger partial charge in [-0.2, -0.15) is 5.26 Å². The van der Waals surface area contributed by atoms with Crippen molar-refractivity contribution < 1.29 is 0 Å². The highest BCUT2D eigenvalue weighted by molar-refractivity contribution is 4.82. The maximum atomic E-state index is 8.52. The van der Waals surface area contributed by atoms with Crippen molar-refractivity contribution in [1.82, 2.24) is 4.90 Å². The van der Waals surface area contributed by atoms with Crippen LogP contribution in [0.25, 0.3) is 0 Å². The van der Waals surface area contributed by atoms with Crippen molar-refractivity contribution in [3.8, 4) is 6.07 Å². The highest BCUT2D eigenvalue weighted by Crippen LogP contribution is 2.22. The van der Waals surface area contributed by atoms with Crippen LogP contribution in [0.15, 0.2) is 0 Å². The summed E-state index contributed by atoms with van der Waals surface area (Å²) in [5.74, 6) is 1.39. The molecule has 0 spiro atoms. The van der Waals surface area contributed by atoms with Crippen molar-refractivity contribution in [2.45, 2.75) is 19.8 Å². The Bertz CT molecular complexity index is 149. The topological polar surface area (TPSA) is 27.0 Å². The lowest BCUT2D eigenvalue weighted by Gasteiger charge is -2.32. The molecule has 1 heterocycles. The van der Waals surface area contributed by atoms with E-state index in [2.05, 4.69) is 24.9 Å². The number of piperidine rings is 1. The molecule has 1 saturated heterocycles. The molecule has 2 atom stereocenters. The first-order valence-electron chi connectivity index (χ1n) is 4.28. The van der Waals surface area contributed by atoms with Gasteiger partial charge in [-0.05, 0) is 25.3 Å². The van der Waals surface area contributed by atoms with Gasteiger partial charge in [0.2, 0.25) is 0 Å². The lowest BCUT2D eigenvalue weighted by atomic mass is 9.89. The summed E-state index contributed by atoms with van der Waals surface area (Å²) < 4.78 is 0. The molecule has 2 heteroatoms. The summed E-state index contributed by atoms with van der Waals surface area (Å²) in [5.41, 5.74) is 0. The number of rotatable bonds is 1. The van der Waals surface area contributed by atoms with Crippen LogP contribution >= 0.6 is 0 Å². The summed E-state index contributed by atoms with van der Waals surface area (Å²) >= 11 is 0. The predicted octanol–water partition coefficient (Wildman–Crippen LogP) is 1.49. The van der Waals surface area contributed by atoms with Crippen molar-refractivity contribution in [3.63, 3.8) is 0 Å². The second-order valence-electron chi connectivity index (χ2n) is 3.79. The molecule has 1 aliphatic heterocycles. The van der Waals surface area contributed by atoms with Crippen LogP contribution in [0.3, 0.4) is 0 Å². The Balaban J connectivity index is 2.38. The van der Waals surface area contributed by atoms with Gasteiger partial charge in [-0.1, -0.05) is 6.92 Å². The van der Waals surface area contributed by atoms with E-state index >= 15 is 0 Å². The molecule has 0 amide bonds. The third kappa shape index (κ3) is 2.51. The summed E-state index contributed by atoms with van der Waals surface area (Å²) in [7, 11) is 2.14. The third-order valence-corrected chi connectivity index (χ3v) is 2.31. The highest BCUT2D eigenvalue weighted by Gasteiger charge is 2.21. The van der Waals surface area contributed by atoms with Crippen LogP contribution < -0.4 is 0 Å². The standard InChI is InChI=1S/C9H16N2/c1-8-5-9(3-4-10)7-11(2)6-8/h8-9H,3,5-7H2,1-2H3. The summed E-state index contributed by atoms with van der Waals surface area (Å²) in [6, 6.07) is 2.25. The molecule has 0 aliphatic carbocycles. The molecular weight excluding hydrogens is 136 g/mol. The lowest BCUT2D eigenvalue weighted by molar-refractivity contribution is 0.163. The van der Waals surface area contributed by atoms with Crippen LogP contribution in [-0.4, -0.2) is 25.0 Å². The molecule has 0 radical (unpaired) electrons. The molecule has 0 aromatic carbocycles. The molecule has 0 aromatic heterocycles. The molecule has 0 aromatic rings. The van der Waals surface area contributed by atoms with Gasteiger partial charge in [-0.25, -0.2) is 0 Å². The molecular formula is C9H16N2. The first-order chi connectivity index (χ1) is 5.22. The Morgan fingerprint density at radius 2 is 2.27 bits per heavy atom. The van der Waals surface area contributed by atoms with Gasteiger partial charge in [-0.15, -0.1) is 0 Å². The Morgan fingerprint density at radius 1 is 1.55 bits per heavy atom. The van der Waals surface area contributed by atoms with Crippen LogP contribution in [-0.2, 0) is 0 Å². The molecule has 0 bridgehead atoms. The van der Waals surface area contributed by atoms with E-state index in [-0.39, 0.29) is 0 Å². The van der Waals surface area contributed by atoms with Crippen LogP contribution in [0.4, 0.5) is 0 Å². The van der Waals surface area contributed by atoms with E-state index < -0.39 is 0 Å². The quantitative estimate of drug-likeness (QED) is 0.569.